The van der Waals surface area contributed by atoms with Crippen molar-refractivity contribution in [3.63, 3.8) is 0 Å². The van der Waals surface area contributed by atoms with E-state index in [1.165, 1.54) is 21.3 Å². The Hall–Kier alpha value is -1.70. The van der Waals surface area contributed by atoms with Gasteiger partial charge in [-0.15, -0.1) is 0 Å². The highest BCUT2D eigenvalue weighted by atomic mass is 35.5. The van der Waals surface area contributed by atoms with Gasteiger partial charge in [0.05, 0.1) is 22.1 Å². The molecule has 190 valence electrons. The first kappa shape index (κ1) is 27.9. The first-order valence-electron chi connectivity index (χ1n) is 11.1. The molecule has 0 spiro atoms. The van der Waals surface area contributed by atoms with Gasteiger partial charge in [0.1, 0.15) is 4.91 Å². The van der Waals surface area contributed by atoms with E-state index in [1.54, 1.807) is 6.07 Å². The van der Waals surface area contributed by atoms with Crippen LogP contribution in [0.4, 0.5) is 0 Å². The zero-order valence-electron chi connectivity index (χ0n) is 20.0. The van der Waals surface area contributed by atoms with Crippen molar-refractivity contribution in [2.75, 3.05) is 19.3 Å². The Morgan fingerprint density at radius 3 is 2.34 bits per heavy atom. The van der Waals surface area contributed by atoms with E-state index in [1.807, 2.05) is 20.8 Å². The van der Waals surface area contributed by atoms with Gasteiger partial charge in [-0.05, 0) is 51.8 Å². The predicted octanol–water partition coefficient (Wildman–Crippen LogP) is 4.71. The van der Waals surface area contributed by atoms with Crippen LogP contribution in [0.2, 0.25) is 10.0 Å². The highest BCUT2D eigenvalue weighted by molar-refractivity contribution is 8.05. The molecule has 1 saturated heterocycles. The van der Waals surface area contributed by atoms with Gasteiger partial charge in [-0.2, -0.15) is 0 Å². The third-order valence-corrected chi connectivity index (χ3v) is 8.70. The van der Waals surface area contributed by atoms with Crippen LogP contribution in [0.25, 0.3) is 0 Å². The van der Waals surface area contributed by atoms with Crippen LogP contribution in [0, 0.1) is 17.3 Å². The van der Waals surface area contributed by atoms with Crippen LogP contribution in [0.15, 0.2) is 28.8 Å². The van der Waals surface area contributed by atoms with Gasteiger partial charge in [0.2, 0.25) is 10.0 Å². The first-order chi connectivity index (χ1) is 16.2. The number of sulfonamides is 1. The fraction of sp³-hybridized carbons (Fsp3) is 0.500. The number of carbonyl (C=O) groups excluding carboxylic acids is 1. The molecule has 1 fully saturated rings. The summed E-state index contributed by atoms with van der Waals surface area (Å²) in [7, 11) is -3.37. The lowest BCUT2D eigenvalue weighted by Gasteiger charge is -2.38. The lowest BCUT2D eigenvalue weighted by molar-refractivity contribution is -0.131. The summed E-state index contributed by atoms with van der Waals surface area (Å²) in [5.41, 5.74) is 0.329. The number of aliphatic carboxylic acids is 1. The van der Waals surface area contributed by atoms with Gasteiger partial charge < -0.3 is 10.0 Å². The number of benzene rings is 1. The molecule has 1 unspecified atom stereocenters. The van der Waals surface area contributed by atoms with Crippen LogP contribution in [0.5, 0.6) is 0 Å². The molecule has 7 nitrogen and oxygen atoms in total. The van der Waals surface area contributed by atoms with E-state index >= 15 is 0 Å². The van der Waals surface area contributed by atoms with E-state index in [0.29, 0.717) is 23.6 Å². The van der Waals surface area contributed by atoms with Crippen molar-refractivity contribution in [3.05, 3.63) is 44.4 Å². The fourth-order valence-electron chi connectivity index (χ4n) is 4.01. The minimum atomic E-state index is -3.37. The van der Waals surface area contributed by atoms with Crippen molar-refractivity contribution in [3.8, 4) is 11.8 Å². The Balaban J connectivity index is 2.03. The number of rotatable bonds is 5. The third kappa shape index (κ3) is 6.95. The zero-order chi connectivity index (χ0) is 26.1. The molecule has 0 aromatic heterocycles. The van der Waals surface area contributed by atoms with Gasteiger partial charge in [0.15, 0.2) is 0 Å². The molecule has 2 aliphatic heterocycles. The SMILES string of the molecule is CC(C)(C)C#CC1CC(N(C(=O)c2ccc(Cl)cc2Cl)C2CCN(S(C)(=O)=O)CC2)=C(C(=O)O)S1. The molecule has 1 N–H and O–H groups in total. The number of hydrogen-bond donors (Lipinski definition) is 1. The van der Waals surface area contributed by atoms with Gasteiger partial charge in [0.25, 0.3) is 5.91 Å². The maximum Gasteiger partial charge on any atom is 0.344 e. The molecule has 11 heteroatoms. The smallest absolute Gasteiger partial charge is 0.344 e. The van der Waals surface area contributed by atoms with E-state index < -0.39 is 27.9 Å². The van der Waals surface area contributed by atoms with Crippen LogP contribution in [0.3, 0.4) is 0 Å². The Labute approximate surface area is 220 Å². The topological polar surface area (TPSA) is 95.0 Å². The van der Waals surface area contributed by atoms with Gasteiger partial charge in [0, 0.05) is 41.7 Å². The second kappa shape index (κ2) is 10.7. The number of thioether (sulfide) groups is 1. The number of carboxylic acids is 1. The third-order valence-electron chi connectivity index (χ3n) is 5.63. The Kier molecular flexibility index (Phi) is 8.55. The average molecular weight is 560 g/mol. The highest BCUT2D eigenvalue weighted by Crippen LogP contribution is 2.42. The zero-order valence-corrected chi connectivity index (χ0v) is 23.1. The predicted molar refractivity (Wildman–Crippen MR) is 140 cm³/mol. The highest BCUT2D eigenvalue weighted by Gasteiger charge is 2.40. The minimum absolute atomic E-state index is 0.0715. The Bertz CT molecular complexity index is 1220. The van der Waals surface area contributed by atoms with E-state index in [4.69, 9.17) is 23.2 Å². The maximum atomic E-state index is 13.8. The van der Waals surface area contributed by atoms with Gasteiger partial charge in [-0.3, -0.25) is 4.79 Å². The van der Waals surface area contributed by atoms with Crippen molar-refractivity contribution in [1.29, 1.82) is 0 Å². The number of carbonyl (C=O) groups is 2. The molecule has 35 heavy (non-hydrogen) atoms. The number of piperidine rings is 1. The Morgan fingerprint density at radius 1 is 1.20 bits per heavy atom. The quantitative estimate of drug-likeness (QED) is 0.526. The second-order valence-electron chi connectivity index (χ2n) is 9.60. The largest absolute Gasteiger partial charge is 0.477 e. The molecule has 1 aromatic rings. The number of hydrogen-bond acceptors (Lipinski definition) is 5. The van der Waals surface area contributed by atoms with Crippen molar-refractivity contribution in [1.82, 2.24) is 9.21 Å². The lowest BCUT2D eigenvalue weighted by Crippen LogP contribution is -2.48. The van der Waals surface area contributed by atoms with Crippen molar-refractivity contribution < 1.29 is 23.1 Å². The van der Waals surface area contributed by atoms with E-state index in [0.717, 1.165) is 18.0 Å². The summed E-state index contributed by atoms with van der Waals surface area (Å²) in [6.45, 7) is 6.38. The number of amides is 1. The maximum absolute atomic E-state index is 13.8. The second-order valence-corrected chi connectivity index (χ2v) is 13.6. The fourth-order valence-corrected chi connectivity index (χ4v) is 6.44. The molecule has 0 radical (unpaired) electrons. The number of halogens is 2. The summed E-state index contributed by atoms with van der Waals surface area (Å²) in [5.74, 6) is 4.75. The summed E-state index contributed by atoms with van der Waals surface area (Å²) < 4.78 is 25.4. The minimum Gasteiger partial charge on any atom is -0.477 e. The summed E-state index contributed by atoms with van der Waals surface area (Å²) in [4.78, 5) is 27.6. The Morgan fingerprint density at radius 2 is 1.83 bits per heavy atom. The monoisotopic (exact) mass is 558 g/mol. The molecule has 1 amide bonds. The summed E-state index contributed by atoms with van der Waals surface area (Å²) in [5, 5.41) is 10.2. The van der Waals surface area contributed by atoms with Crippen LogP contribution >= 0.6 is 35.0 Å². The van der Waals surface area contributed by atoms with Crippen LogP contribution < -0.4 is 0 Å². The number of nitrogens with zero attached hydrogens (tertiary/aromatic N) is 2. The normalized spacial score (nSPS) is 19.9. The molecule has 1 aromatic carbocycles. The average Bonchev–Trinajstić information content (AvgIpc) is 3.16. The van der Waals surface area contributed by atoms with E-state index in [9.17, 15) is 23.1 Å². The van der Waals surface area contributed by atoms with E-state index in [2.05, 4.69) is 11.8 Å². The summed E-state index contributed by atoms with van der Waals surface area (Å²) >= 11 is 13.5. The molecule has 2 aliphatic rings. The molecule has 0 aliphatic carbocycles. The molecule has 0 saturated carbocycles. The molecule has 2 heterocycles. The lowest BCUT2D eigenvalue weighted by atomic mass is 9.97. The summed E-state index contributed by atoms with van der Waals surface area (Å²) in [6, 6.07) is 4.14. The van der Waals surface area contributed by atoms with Crippen molar-refractivity contribution in [2.45, 2.75) is 51.3 Å². The molecule has 1 atom stereocenters. The van der Waals surface area contributed by atoms with Crippen LogP contribution in [-0.4, -0.2) is 65.2 Å². The van der Waals surface area contributed by atoms with Crippen LogP contribution in [0.1, 0.15) is 50.4 Å². The van der Waals surface area contributed by atoms with E-state index in [-0.39, 0.29) is 45.7 Å². The van der Waals surface area contributed by atoms with Gasteiger partial charge >= 0.3 is 5.97 Å². The molecular weight excluding hydrogens is 531 g/mol. The summed E-state index contributed by atoms with van der Waals surface area (Å²) in [6.07, 6.45) is 2.16. The van der Waals surface area contributed by atoms with Gasteiger partial charge in [-0.25, -0.2) is 17.5 Å². The number of allylic oxidation sites excluding steroid dienone is 1. The molecule has 3 rings (SSSR count). The first-order valence-corrected chi connectivity index (χ1v) is 14.6. The van der Waals surface area contributed by atoms with Crippen molar-refractivity contribution in [2.24, 2.45) is 5.41 Å². The van der Waals surface area contributed by atoms with Crippen LogP contribution in [-0.2, 0) is 14.8 Å². The standard InChI is InChI=1S/C24H28Cl2N2O5S2/c1-24(2,3)10-7-17-14-20(21(34-17)23(30)31)28(16-8-11-27(12-9-16)35(4,32)33)22(29)18-6-5-15(25)13-19(18)26/h5-6,13,16-17H,8-9,11-12,14H2,1-4H3,(H,30,31). The van der Waals surface area contributed by atoms with Crippen molar-refractivity contribution >= 4 is 56.9 Å². The van der Waals surface area contributed by atoms with Gasteiger partial charge in [-0.1, -0.05) is 46.8 Å². The molecular formula is C24H28Cl2N2O5S2. The molecule has 0 bridgehead atoms. The number of carboxylic acid groups (broad SMARTS) is 1.